The fraction of sp³-hybridized carbons (Fsp3) is 0.368. The zero-order valence-electron chi connectivity index (χ0n) is 12.9. The van der Waals surface area contributed by atoms with Gasteiger partial charge in [-0.15, -0.1) is 0 Å². The van der Waals surface area contributed by atoms with Crippen LogP contribution in [0.1, 0.15) is 37.8 Å². The normalized spacial score (nSPS) is 12.3. The van der Waals surface area contributed by atoms with Crippen LogP contribution in [0.2, 0.25) is 0 Å². The summed E-state index contributed by atoms with van der Waals surface area (Å²) in [4.78, 5) is 0. The minimum Gasteiger partial charge on any atom is -0.0654 e. The molecule has 0 fully saturated rings. The monoisotopic (exact) mass is 284 g/mol. The van der Waals surface area contributed by atoms with Crippen LogP contribution in [-0.2, 0) is 6.42 Å². The molecular weight excluding hydrogens is 259 g/mol. The Morgan fingerprint density at radius 3 is 1.85 bits per heavy atom. The first-order valence-electron chi connectivity index (χ1n) is 7.67. The molecule has 0 bridgehead atoms. The Labute approximate surface area is 125 Å². The van der Waals surface area contributed by atoms with Gasteiger partial charge in [0.2, 0.25) is 0 Å². The maximum Gasteiger partial charge on any atom is -0.0195 e. The van der Waals surface area contributed by atoms with Crippen LogP contribution in [0.25, 0.3) is 0 Å². The Bertz CT molecular complexity index is 510. The molecule has 0 aromatic heterocycles. The van der Waals surface area contributed by atoms with Crippen LogP contribution in [0.15, 0.2) is 48.5 Å². The summed E-state index contributed by atoms with van der Waals surface area (Å²) in [5.41, 5.74) is 2.82. The van der Waals surface area contributed by atoms with E-state index in [1.165, 1.54) is 47.2 Å². The lowest BCUT2D eigenvalue weighted by molar-refractivity contribution is 0.795. The summed E-state index contributed by atoms with van der Waals surface area (Å²) in [6.45, 7) is 6.71. The van der Waals surface area contributed by atoms with Crippen molar-refractivity contribution in [2.75, 3.05) is 6.16 Å². The van der Waals surface area contributed by atoms with Gasteiger partial charge in [0, 0.05) is 0 Å². The Kier molecular flexibility index (Phi) is 5.80. The zero-order chi connectivity index (χ0) is 14.4. The van der Waals surface area contributed by atoms with Gasteiger partial charge in [0.05, 0.1) is 0 Å². The van der Waals surface area contributed by atoms with Gasteiger partial charge in [0.1, 0.15) is 0 Å². The summed E-state index contributed by atoms with van der Waals surface area (Å²) >= 11 is 0. The maximum atomic E-state index is 2.35. The van der Waals surface area contributed by atoms with E-state index in [0.29, 0.717) is 0 Å². The smallest absolute Gasteiger partial charge is 0.0195 e. The second-order valence-corrected chi connectivity index (χ2v) is 7.87. The summed E-state index contributed by atoms with van der Waals surface area (Å²) in [6.07, 6.45) is 4.99. The van der Waals surface area contributed by atoms with Gasteiger partial charge in [0.15, 0.2) is 0 Å². The van der Waals surface area contributed by atoms with Crippen molar-refractivity contribution in [2.45, 2.75) is 40.0 Å². The van der Waals surface area contributed by atoms with E-state index in [0.717, 1.165) is 0 Å². The molecule has 0 saturated carbocycles. The van der Waals surface area contributed by atoms with Crippen molar-refractivity contribution in [1.29, 1.82) is 0 Å². The molecule has 0 aliphatic heterocycles. The van der Waals surface area contributed by atoms with E-state index in [-0.39, 0.29) is 7.92 Å². The molecule has 106 valence electrons. The highest BCUT2D eigenvalue weighted by Gasteiger charge is 2.11. The average molecular weight is 284 g/mol. The number of hydrogen-bond donors (Lipinski definition) is 0. The molecule has 0 aliphatic rings. The zero-order valence-corrected chi connectivity index (χ0v) is 13.8. The van der Waals surface area contributed by atoms with Crippen LogP contribution >= 0.6 is 7.92 Å². The molecule has 1 unspecified atom stereocenters. The lowest BCUT2D eigenvalue weighted by Crippen LogP contribution is -2.13. The summed E-state index contributed by atoms with van der Waals surface area (Å²) in [6, 6.07) is 18.4. The fourth-order valence-electron chi connectivity index (χ4n) is 2.46. The van der Waals surface area contributed by atoms with E-state index >= 15 is 0 Å². The quantitative estimate of drug-likeness (QED) is 0.669. The third kappa shape index (κ3) is 3.93. The van der Waals surface area contributed by atoms with Crippen molar-refractivity contribution < 1.29 is 0 Å². The average Bonchev–Trinajstić information content (AvgIpc) is 2.49. The van der Waals surface area contributed by atoms with Crippen LogP contribution in [0.5, 0.6) is 0 Å². The van der Waals surface area contributed by atoms with Crippen molar-refractivity contribution >= 4 is 18.5 Å². The molecule has 0 heterocycles. The van der Waals surface area contributed by atoms with Gasteiger partial charge in [-0.1, -0.05) is 74.4 Å². The molecule has 0 radical (unpaired) electrons. The number of unbranched alkanes of at least 4 members (excludes halogenated alkanes) is 1. The third-order valence-corrected chi connectivity index (χ3v) is 6.20. The molecule has 0 saturated heterocycles. The Balaban J connectivity index is 2.17. The second-order valence-electron chi connectivity index (χ2n) is 5.35. The highest BCUT2D eigenvalue weighted by Crippen LogP contribution is 2.32. The largest absolute Gasteiger partial charge is 0.0654 e. The highest BCUT2D eigenvalue weighted by atomic mass is 31.1. The predicted octanol–water partition coefficient (Wildman–Crippen LogP) is 4.79. The maximum absolute atomic E-state index is 2.35. The second kappa shape index (κ2) is 7.60. The number of rotatable bonds is 6. The molecule has 0 N–H and O–H groups in total. The molecule has 2 aromatic rings. The summed E-state index contributed by atoms with van der Waals surface area (Å²) in [7, 11) is -0.186. The van der Waals surface area contributed by atoms with Crippen LogP contribution < -0.4 is 10.6 Å². The Hall–Kier alpha value is -1.13. The minimum atomic E-state index is -0.186. The lowest BCUT2D eigenvalue weighted by Gasteiger charge is -2.17. The molecule has 1 heteroatoms. The van der Waals surface area contributed by atoms with Crippen LogP contribution in [0.3, 0.4) is 0 Å². The molecule has 2 rings (SSSR count). The third-order valence-electron chi connectivity index (χ3n) is 3.73. The molecule has 1 atom stereocenters. The highest BCUT2D eigenvalue weighted by molar-refractivity contribution is 7.72. The van der Waals surface area contributed by atoms with Gasteiger partial charge in [-0.2, -0.15) is 0 Å². The first-order valence-corrected chi connectivity index (χ1v) is 9.20. The predicted molar refractivity (Wildman–Crippen MR) is 93.0 cm³/mol. The summed E-state index contributed by atoms with van der Waals surface area (Å²) < 4.78 is 0. The van der Waals surface area contributed by atoms with Gasteiger partial charge in [0.25, 0.3) is 0 Å². The molecule has 20 heavy (non-hydrogen) atoms. The number of benzene rings is 2. The van der Waals surface area contributed by atoms with E-state index in [1.807, 2.05) is 0 Å². The topological polar surface area (TPSA) is 0 Å². The first-order chi connectivity index (χ1) is 9.74. The standard InChI is InChI=1S/C19H25P/c1-4-6-7-17-10-14-19(15-11-17)20(5-2)18-12-8-16(3)9-13-18/h8-15H,4-7H2,1-3H3. The van der Waals surface area contributed by atoms with Gasteiger partial charge in [-0.3, -0.25) is 0 Å². The molecular formula is C19H25P. The summed E-state index contributed by atoms with van der Waals surface area (Å²) in [5.74, 6) is 0. The van der Waals surface area contributed by atoms with E-state index in [4.69, 9.17) is 0 Å². The van der Waals surface area contributed by atoms with Gasteiger partial charge in [-0.05, 0) is 50.0 Å². The van der Waals surface area contributed by atoms with Crippen molar-refractivity contribution in [3.63, 3.8) is 0 Å². The Morgan fingerprint density at radius 2 is 1.35 bits per heavy atom. The van der Waals surface area contributed by atoms with Gasteiger partial charge in [-0.25, -0.2) is 0 Å². The number of hydrogen-bond acceptors (Lipinski definition) is 0. The molecule has 2 aromatic carbocycles. The van der Waals surface area contributed by atoms with Crippen molar-refractivity contribution in [1.82, 2.24) is 0 Å². The summed E-state index contributed by atoms with van der Waals surface area (Å²) in [5, 5.41) is 3.00. The SMILES string of the molecule is CCCCc1ccc(P(CC)c2ccc(C)cc2)cc1. The first kappa shape index (κ1) is 15.3. The van der Waals surface area contributed by atoms with Crippen molar-refractivity contribution in [3.05, 3.63) is 59.7 Å². The number of aryl methyl sites for hydroxylation is 2. The molecule has 0 spiro atoms. The van der Waals surface area contributed by atoms with Gasteiger partial charge < -0.3 is 0 Å². The van der Waals surface area contributed by atoms with Crippen LogP contribution in [0, 0.1) is 6.92 Å². The molecule has 0 aliphatic carbocycles. The minimum absolute atomic E-state index is 0.186. The molecule has 0 nitrogen and oxygen atoms in total. The van der Waals surface area contributed by atoms with Crippen molar-refractivity contribution in [3.8, 4) is 0 Å². The lowest BCUT2D eigenvalue weighted by atomic mass is 10.1. The van der Waals surface area contributed by atoms with Gasteiger partial charge >= 0.3 is 0 Å². The van der Waals surface area contributed by atoms with Crippen molar-refractivity contribution in [2.24, 2.45) is 0 Å². The van der Waals surface area contributed by atoms with Crippen LogP contribution in [0.4, 0.5) is 0 Å². The fourth-order valence-corrected chi connectivity index (χ4v) is 4.51. The van der Waals surface area contributed by atoms with Crippen LogP contribution in [-0.4, -0.2) is 6.16 Å². The van der Waals surface area contributed by atoms with E-state index in [9.17, 15) is 0 Å². The van der Waals surface area contributed by atoms with E-state index in [1.54, 1.807) is 0 Å². The Morgan fingerprint density at radius 1 is 0.800 bits per heavy atom. The van der Waals surface area contributed by atoms with E-state index < -0.39 is 0 Å². The molecule has 0 amide bonds. The van der Waals surface area contributed by atoms with E-state index in [2.05, 4.69) is 69.3 Å².